The molecule has 3 nitrogen and oxygen atoms in total. The smallest absolute Gasteiger partial charge is 0.341 e. The summed E-state index contributed by atoms with van der Waals surface area (Å²) in [4.78, 5) is 11.5. The third kappa shape index (κ3) is 6.55. The lowest BCUT2D eigenvalue weighted by atomic mass is 10.2. The van der Waals surface area contributed by atoms with Crippen LogP contribution >= 0.6 is 11.8 Å². The van der Waals surface area contributed by atoms with E-state index in [-0.39, 0.29) is 6.61 Å². The lowest BCUT2D eigenvalue weighted by molar-refractivity contribution is -0.139. The van der Waals surface area contributed by atoms with E-state index in [2.05, 4.69) is 6.92 Å². The summed E-state index contributed by atoms with van der Waals surface area (Å²) in [6.07, 6.45) is 5.11. The Kier molecular flexibility index (Phi) is 7.34. The second-order valence-corrected chi connectivity index (χ2v) is 5.23. The summed E-state index contributed by atoms with van der Waals surface area (Å²) in [6.45, 7) is 1.92. The molecule has 0 saturated heterocycles. The van der Waals surface area contributed by atoms with E-state index in [9.17, 15) is 4.79 Å². The maximum atomic E-state index is 10.3. The van der Waals surface area contributed by atoms with Gasteiger partial charge in [-0.05, 0) is 36.4 Å². The number of ether oxygens (including phenoxy) is 1. The number of unbranched alkanes of at least 4 members (excludes halogenated alkanes) is 3. The molecule has 1 aromatic rings. The molecule has 0 amide bonds. The van der Waals surface area contributed by atoms with Gasteiger partial charge in [0.15, 0.2) is 6.61 Å². The van der Waals surface area contributed by atoms with Crippen molar-refractivity contribution in [2.75, 3.05) is 12.4 Å². The molecular weight excluding hydrogens is 248 g/mol. The van der Waals surface area contributed by atoms with Gasteiger partial charge in [-0.25, -0.2) is 4.79 Å². The van der Waals surface area contributed by atoms with Gasteiger partial charge < -0.3 is 9.84 Å². The van der Waals surface area contributed by atoms with Crippen molar-refractivity contribution < 1.29 is 14.6 Å². The zero-order valence-corrected chi connectivity index (χ0v) is 11.5. The first-order chi connectivity index (χ1) is 8.72. The molecule has 0 unspecified atom stereocenters. The summed E-state index contributed by atoms with van der Waals surface area (Å²) in [6, 6.07) is 7.58. The van der Waals surface area contributed by atoms with Crippen molar-refractivity contribution in [2.45, 2.75) is 37.5 Å². The summed E-state index contributed by atoms with van der Waals surface area (Å²) in [7, 11) is 0. The van der Waals surface area contributed by atoms with Crippen molar-refractivity contribution in [3.63, 3.8) is 0 Å². The van der Waals surface area contributed by atoms with Gasteiger partial charge in [0.1, 0.15) is 5.75 Å². The summed E-state index contributed by atoms with van der Waals surface area (Å²) in [5.41, 5.74) is 0. The molecule has 1 aromatic carbocycles. The summed E-state index contributed by atoms with van der Waals surface area (Å²) in [5.74, 6) is 0.784. The fourth-order valence-corrected chi connectivity index (χ4v) is 2.41. The zero-order valence-electron chi connectivity index (χ0n) is 10.7. The minimum Gasteiger partial charge on any atom is -0.482 e. The predicted octanol–water partition coefficient (Wildman–Crippen LogP) is 3.82. The van der Waals surface area contributed by atoms with Crippen LogP contribution < -0.4 is 4.74 Å². The highest BCUT2D eigenvalue weighted by Gasteiger charge is 1.99. The molecule has 0 fully saturated rings. The van der Waals surface area contributed by atoms with Gasteiger partial charge in [0, 0.05) is 4.90 Å². The van der Waals surface area contributed by atoms with Crippen molar-refractivity contribution in [3.05, 3.63) is 24.3 Å². The molecule has 0 aliphatic carbocycles. The first kappa shape index (κ1) is 14.9. The number of hydrogen-bond acceptors (Lipinski definition) is 3. The van der Waals surface area contributed by atoms with Gasteiger partial charge in [0.2, 0.25) is 0 Å². The molecule has 0 bridgehead atoms. The molecule has 0 saturated carbocycles. The quantitative estimate of drug-likeness (QED) is 0.546. The van der Waals surface area contributed by atoms with Crippen molar-refractivity contribution in [3.8, 4) is 5.75 Å². The van der Waals surface area contributed by atoms with Crippen LogP contribution in [0.3, 0.4) is 0 Å². The van der Waals surface area contributed by atoms with Crippen molar-refractivity contribution in [2.24, 2.45) is 0 Å². The monoisotopic (exact) mass is 268 g/mol. The van der Waals surface area contributed by atoms with Crippen molar-refractivity contribution >= 4 is 17.7 Å². The van der Waals surface area contributed by atoms with Gasteiger partial charge >= 0.3 is 5.97 Å². The van der Waals surface area contributed by atoms with Gasteiger partial charge in [-0.1, -0.05) is 26.2 Å². The molecule has 18 heavy (non-hydrogen) atoms. The average molecular weight is 268 g/mol. The number of carboxylic acids is 1. The molecule has 0 aliphatic heterocycles. The van der Waals surface area contributed by atoms with Crippen molar-refractivity contribution in [1.82, 2.24) is 0 Å². The molecular formula is C14H20O3S. The van der Waals surface area contributed by atoms with Crippen LogP contribution in [0, 0.1) is 0 Å². The molecule has 0 aromatic heterocycles. The van der Waals surface area contributed by atoms with E-state index in [0.717, 1.165) is 5.75 Å². The Morgan fingerprint density at radius 3 is 2.56 bits per heavy atom. The summed E-state index contributed by atoms with van der Waals surface area (Å²) in [5, 5.41) is 8.49. The average Bonchev–Trinajstić information content (AvgIpc) is 2.37. The molecule has 1 N–H and O–H groups in total. The van der Waals surface area contributed by atoms with E-state index in [1.165, 1.54) is 30.6 Å². The summed E-state index contributed by atoms with van der Waals surface area (Å²) < 4.78 is 5.07. The molecule has 4 heteroatoms. The lowest BCUT2D eigenvalue weighted by Gasteiger charge is -2.05. The van der Waals surface area contributed by atoms with Crippen LogP contribution in [-0.2, 0) is 4.79 Å². The van der Waals surface area contributed by atoms with E-state index in [4.69, 9.17) is 9.84 Å². The molecule has 0 atom stereocenters. The van der Waals surface area contributed by atoms with Crippen LogP contribution in [0.25, 0.3) is 0 Å². The third-order valence-corrected chi connectivity index (χ3v) is 3.55. The number of carbonyl (C=O) groups is 1. The Morgan fingerprint density at radius 2 is 1.94 bits per heavy atom. The third-order valence-electron chi connectivity index (χ3n) is 2.45. The second kappa shape index (κ2) is 8.86. The number of carboxylic acid groups (broad SMARTS) is 1. The maximum Gasteiger partial charge on any atom is 0.341 e. The fourth-order valence-electron chi connectivity index (χ4n) is 1.50. The first-order valence-corrected chi connectivity index (χ1v) is 7.28. The highest BCUT2D eigenvalue weighted by molar-refractivity contribution is 7.99. The standard InChI is InChI=1S/C14H20O3S/c1-2-3-4-5-10-18-13-8-6-12(7-9-13)17-11-14(15)16/h6-9H,2-5,10-11H2,1H3,(H,15,16). The van der Waals surface area contributed by atoms with Gasteiger partial charge in [0.05, 0.1) is 0 Å². The van der Waals surface area contributed by atoms with E-state index < -0.39 is 5.97 Å². The van der Waals surface area contributed by atoms with Gasteiger partial charge in [-0.15, -0.1) is 11.8 Å². The first-order valence-electron chi connectivity index (χ1n) is 6.30. The normalized spacial score (nSPS) is 10.3. The Balaban J connectivity index is 2.25. The lowest BCUT2D eigenvalue weighted by Crippen LogP contribution is -2.09. The van der Waals surface area contributed by atoms with Gasteiger partial charge in [-0.2, -0.15) is 0 Å². The highest BCUT2D eigenvalue weighted by Crippen LogP contribution is 2.22. The zero-order chi connectivity index (χ0) is 13.2. The van der Waals surface area contributed by atoms with Crippen LogP contribution in [-0.4, -0.2) is 23.4 Å². The van der Waals surface area contributed by atoms with Crippen LogP contribution in [0.4, 0.5) is 0 Å². The molecule has 0 radical (unpaired) electrons. The van der Waals surface area contributed by atoms with Crippen LogP contribution in [0.5, 0.6) is 5.75 Å². The minimum atomic E-state index is -0.954. The highest BCUT2D eigenvalue weighted by atomic mass is 32.2. The maximum absolute atomic E-state index is 10.3. The van der Waals surface area contributed by atoms with Crippen LogP contribution in [0.2, 0.25) is 0 Å². The fraction of sp³-hybridized carbons (Fsp3) is 0.500. The Labute approximate surface area is 113 Å². The van der Waals surface area contributed by atoms with E-state index in [0.29, 0.717) is 5.75 Å². The van der Waals surface area contributed by atoms with Gasteiger partial charge in [-0.3, -0.25) is 0 Å². The van der Waals surface area contributed by atoms with E-state index in [1.54, 1.807) is 0 Å². The van der Waals surface area contributed by atoms with Gasteiger partial charge in [0.25, 0.3) is 0 Å². The van der Waals surface area contributed by atoms with E-state index >= 15 is 0 Å². The number of benzene rings is 1. The summed E-state index contributed by atoms with van der Waals surface area (Å²) >= 11 is 1.83. The number of rotatable bonds is 9. The minimum absolute atomic E-state index is 0.288. The SMILES string of the molecule is CCCCCCSc1ccc(OCC(=O)O)cc1. The molecule has 1 rings (SSSR count). The topological polar surface area (TPSA) is 46.5 Å². The largest absolute Gasteiger partial charge is 0.482 e. The molecule has 0 heterocycles. The number of aliphatic carboxylic acids is 1. The van der Waals surface area contributed by atoms with Crippen LogP contribution in [0.15, 0.2) is 29.2 Å². The number of hydrogen-bond donors (Lipinski definition) is 1. The molecule has 100 valence electrons. The Bertz CT molecular complexity index is 349. The predicted molar refractivity (Wildman–Crippen MR) is 74.4 cm³/mol. The second-order valence-electron chi connectivity index (χ2n) is 4.06. The Hall–Kier alpha value is -1.16. The van der Waals surface area contributed by atoms with E-state index in [1.807, 2.05) is 36.0 Å². The Morgan fingerprint density at radius 1 is 1.22 bits per heavy atom. The number of thioether (sulfide) groups is 1. The van der Waals surface area contributed by atoms with Crippen molar-refractivity contribution in [1.29, 1.82) is 0 Å². The molecule has 0 spiro atoms. The molecule has 0 aliphatic rings. The van der Waals surface area contributed by atoms with Crippen LogP contribution in [0.1, 0.15) is 32.6 Å².